The van der Waals surface area contributed by atoms with Crippen LogP contribution in [0.2, 0.25) is 0 Å². The Kier molecular flexibility index (Phi) is 1.77. The van der Waals surface area contributed by atoms with E-state index in [9.17, 15) is 0 Å². The van der Waals surface area contributed by atoms with Crippen LogP contribution in [-0.2, 0) is 0 Å². The van der Waals surface area contributed by atoms with Gasteiger partial charge >= 0.3 is 0 Å². The van der Waals surface area contributed by atoms with Crippen molar-refractivity contribution in [1.82, 2.24) is 0 Å². The predicted molar refractivity (Wildman–Crippen MR) is 51.6 cm³/mol. The van der Waals surface area contributed by atoms with Gasteiger partial charge in [0.05, 0.1) is 6.26 Å². The highest BCUT2D eigenvalue weighted by molar-refractivity contribution is 9.10. The lowest BCUT2D eigenvalue weighted by Crippen LogP contribution is -1.64. The van der Waals surface area contributed by atoms with Gasteiger partial charge in [0.25, 0.3) is 0 Å². The van der Waals surface area contributed by atoms with Gasteiger partial charge in [0.1, 0.15) is 0 Å². The first kappa shape index (κ1) is 7.37. The third-order valence-corrected chi connectivity index (χ3v) is 2.62. The fourth-order valence-corrected chi connectivity index (χ4v) is 1.82. The van der Waals surface area contributed by atoms with Crippen LogP contribution in [0.5, 0.6) is 0 Å². The van der Waals surface area contributed by atoms with Crippen molar-refractivity contribution < 1.29 is 4.42 Å². The topological polar surface area (TPSA) is 13.1 Å². The summed E-state index contributed by atoms with van der Waals surface area (Å²) in [4.78, 5) is 0. The van der Waals surface area contributed by atoms with E-state index < -0.39 is 0 Å². The average molecular weight is 276 g/mol. The summed E-state index contributed by atoms with van der Waals surface area (Å²) in [7, 11) is 0. The Labute approximate surface area is 80.6 Å². The van der Waals surface area contributed by atoms with E-state index in [4.69, 9.17) is 4.42 Å². The van der Waals surface area contributed by atoms with Gasteiger partial charge in [0.2, 0.25) is 0 Å². The molecular weight excluding hydrogens is 272 g/mol. The molecule has 1 nitrogen and oxygen atoms in total. The van der Waals surface area contributed by atoms with Crippen molar-refractivity contribution in [2.45, 2.75) is 0 Å². The number of benzene rings is 1. The summed E-state index contributed by atoms with van der Waals surface area (Å²) in [6, 6.07) is 6.01. The Bertz CT molecular complexity index is 392. The Morgan fingerprint density at radius 3 is 2.82 bits per heavy atom. The molecule has 0 atom stereocenters. The quantitative estimate of drug-likeness (QED) is 0.709. The SMILES string of the molecule is Brc1ccc2c(Br)occ2c1. The lowest BCUT2D eigenvalue weighted by atomic mass is 10.2. The van der Waals surface area contributed by atoms with Gasteiger partial charge in [-0.15, -0.1) is 0 Å². The van der Waals surface area contributed by atoms with Gasteiger partial charge < -0.3 is 4.42 Å². The molecule has 0 saturated carbocycles. The van der Waals surface area contributed by atoms with Crippen molar-refractivity contribution in [2.75, 3.05) is 0 Å². The molecule has 0 radical (unpaired) electrons. The first-order valence-corrected chi connectivity index (χ1v) is 4.68. The third-order valence-electron chi connectivity index (χ3n) is 1.51. The predicted octanol–water partition coefficient (Wildman–Crippen LogP) is 3.96. The number of fused-ring (bicyclic) bond motifs is 1. The molecule has 0 spiro atoms. The van der Waals surface area contributed by atoms with Gasteiger partial charge in [0.15, 0.2) is 4.67 Å². The van der Waals surface area contributed by atoms with E-state index in [2.05, 4.69) is 31.9 Å². The van der Waals surface area contributed by atoms with Crippen molar-refractivity contribution >= 4 is 42.6 Å². The second-order valence-electron chi connectivity index (χ2n) is 2.24. The minimum Gasteiger partial charge on any atom is -0.456 e. The molecule has 0 unspecified atom stereocenters. The third kappa shape index (κ3) is 1.23. The molecule has 56 valence electrons. The summed E-state index contributed by atoms with van der Waals surface area (Å²) in [6.07, 6.45) is 1.73. The first-order valence-electron chi connectivity index (χ1n) is 3.09. The number of furan rings is 1. The van der Waals surface area contributed by atoms with Crippen LogP contribution in [0.15, 0.2) is 38.0 Å². The first-order chi connectivity index (χ1) is 5.27. The van der Waals surface area contributed by atoms with E-state index in [1.54, 1.807) is 6.26 Å². The van der Waals surface area contributed by atoms with Crippen LogP contribution in [0, 0.1) is 0 Å². The van der Waals surface area contributed by atoms with Crippen LogP contribution in [-0.4, -0.2) is 0 Å². The molecule has 0 N–H and O–H groups in total. The van der Waals surface area contributed by atoms with Crippen LogP contribution in [0.4, 0.5) is 0 Å². The molecule has 1 heterocycles. The van der Waals surface area contributed by atoms with Crippen molar-refractivity contribution in [3.05, 3.63) is 33.6 Å². The summed E-state index contributed by atoms with van der Waals surface area (Å²) in [5.74, 6) is 0. The van der Waals surface area contributed by atoms with E-state index in [0.717, 1.165) is 19.9 Å². The van der Waals surface area contributed by atoms with Gasteiger partial charge in [0, 0.05) is 15.2 Å². The smallest absolute Gasteiger partial charge is 0.176 e. The highest BCUT2D eigenvalue weighted by atomic mass is 79.9. The summed E-state index contributed by atoms with van der Waals surface area (Å²) >= 11 is 6.69. The molecule has 0 amide bonds. The monoisotopic (exact) mass is 274 g/mol. The van der Waals surface area contributed by atoms with Crippen LogP contribution in [0.25, 0.3) is 10.8 Å². The van der Waals surface area contributed by atoms with Gasteiger partial charge in [-0.2, -0.15) is 0 Å². The van der Waals surface area contributed by atoms with Gasteiger partial charge in [-0.1, -0.05) is 15.9 Å². The van der Waals surface area contributed by atoms with Crippen molar-refractivity contribution in [3.63, 3.8) is 0 Å². The van der Waals surface area contributed by atoms with Gasteiger partial charge in [-0.25, -0.2) is 0 Å². The van der Waals surface area contributed by atoms with Crippen LogP contribution < -0.4 is 0 Å². The molecule has 0 aliphatic carbocycles. The molecule has 11 heavy (non-hydrogen) atoms. The Balaban J connectivity index is 2.86. The minimum atomic E-state index is 0.792. The summed E-state index contributed by atoms with van der Waals surface area (Å²) in [5.41, 5.74) is 0. The second-order valence-corrected chi connectivity index (χ2v) is 3.88. The van der Waals surface area contributed by atoms with Gasteiger partial charge in [-0.3, -0.25) is 0 Å². The van der Waals surface area contributed by atoms with E-state index >= 15 is 0 Å². The molecule has 3 heteroatoms. The fraction of sp³-hybridized carbons (Fsp3) is 0. The molecule has 0 saturated heterocycles. The number of hydrogen-bond donors (Lipinski definition) is 0. The Hall–Kier alpha value is -0.280. The van der Waals surface area contributed by atoms with Crippen molar-refractivity contribution in [1.29, 1.82) is 0 Å². The summed E-state index contributed by atoms with van der Waals surface area (Å²) in [6.45, 7) is 0. The average Bonchev–Trinajstić information content (AvgIpc) is 2.32. The molecule has 2 rings (SSSR count). The van der Waals surface area contributed by atoms with Crippen molar-refractivity contribution in [3.8, 4) is 0 Å². The number of halogens is 2. The zero-order valence-corrected chi connectivity index (χ0v) is 8.65. The fourth-order valence-electron chi connectivity index (χ4n) is 0.989. The standard InChI is InChI=1S/C8H4Br2O/c9-6-1-2-7-5(3-6)4-11-8(7)10/h1-4H. The second kappa shape index (κ2) is 2.64. The molecule has 0 aliphatic heterocycles. The summed E-state index contributed by atoms with van der Waals surface area (Å²) < 4.78 is 7.03. The lowest BCUT2D eigenvalue weighted by molar-refractivity contribution is 0.547. The molecule has 0 fully saturated rings. The molecule has 0 bridgehead atoms. The maximum absolute atomic E-state index is 5.17. The molecule has 2 aromatic rings. The number of hydrogen-bond acceptors (Lipinski definition) is 1. The summed E-state index contributed by atoms with van der Waals surface area (Å²) in [5, 5.41) is 2.21. The zero-order chi connectivity index (χ0) is 7.84. The maximum atomic E-state index is 5.17. The lowest BCUT2D eigenvalue weighted by Gasteiger charge is -1.88. The van der Waals surface area contributed by atoms with Crippen LogP contribution in [0.3, 0.4) is 0 Å². The number of rotatable bonds is 0. The molecule has 1 aromatic carbocycles. The van der Waals surface area contributed by atoms with Crippen LogP contribution in [0.1, 0.15) is 0 Å². The minimum absolute atomic E-state index is 0.792. The maximum Gasteiger partial charge on any atom is 0.176 e. The van der Waals surface area contributed by atoms with E-state index in [1.807, 2.05) is 18.2 Å². The largest absolute Gasteiger partial charge is 0.456 e. The van der Waals surface area contributed by atoms with Crippen LogP contribution >= 0.6 is 31.9 Å². The molecule has 1 aromatic heterocycles. The highest BCUT2D eigenvalue weighted by Gasteiger charge is 2.01. The molecule has 0 aliphatic rings. The highest BCUT2D eigenvalue weighted by Crippen LogP contribution is 2.27. The van der Waals surface area contributed by atoms with E-state index in [0.29, 0.717) is 0 Å². The zero-order valence-electron chi connectivity index (χ0n) is 5.47. The Morgan fingerprint density at radius 2 is 2.00 bits per heavy atom. The normalized spacial score (nSPS) is 10.7. The molecular formula is C8H4Br2O. The van der Waals surface area contributed by atoms with Crippen molar-refractivity contribution in [2.24, 2.45) is 0 Å². The van der Waals surface area contributed by atoms with E-state index in [-0.39, 0.29) is 0 Å². The van der Waals surface area contributed by atoms with E-state index in [1.165, 1.54) is 0 Å². The Morgan fingerprint density at radius 1 is 1.18 bits per heavy atom. The van der Waals surface area contributed by atoms with Gasteiger partial charge in [-0.05, 0) is 34.1 Å².